The van der Waals surface area contributed by atoms with E-state index in [-0.39, 0.29) is 10.0 Å². The molecule has 0 radical (unpaired) electrons. The molecule has 0 nitrogen and oxygen atoms in total. The molecule has 0 N–H and O–H groups in total. The topological polar surface area (TPSA) is 0 Å². The lowest BCUT2D eigenvalue weighted by Crippen LogP contribution is -1.81. The molecule has 0 spiro atoms. The maximum Gasteiger partial charge on any atom is 0.161 e. The van der Waals surface area contributed by atoms with Crippen LogP contribution < -0.4 is 0 Å². The Hall–Kier alpha value is 0.500. The lowest BCUT2D eigenvalue weighted by molar-refractivity contribution is 0.628. The van der Waals surface area contributed by atoms with E-state index in [1.54, 1.807) is 0 Å². The van der Waals surface area contributed by atoms with Crippen molar-refractivity contribution in [1.82, 2.24) is 0 Å². The average molecular weight is 278 g/mol. The van der Waals surface area contributed by atoms with Gasteiger partial charge in [0.1, 0.15) is 0 Å². The van der Waals surface area contributed by atoms with Gasteiger partial charge in [-0.3, -0.25) is 0 Å². The summed E-state index contributed by atoms with van der Waals surface area (Å²) in [6.07, 6.45) is 0. The SMILES string of the molecule is Fc1c(Cl)cc(Cl)c(Br)c1Cl. The van der Waals surface area contributed by atoms with Gasteiger partial charge in [-0.15, -0.1) is 0 Å². The highest BCUT2D eigenvalue weighted by Gasteiger charge is 2.12. The first-order chi connectivity index (χ1) is 5.04. The molecule has 1 rings (SSSR count). The van der Waals surface area contributed by atoms with E-state index in [9.17, 15) is 4.39 Å². The van der Waals surface area contributed by atoms with E-state index >= 15 is 0 Å². The van der Waals surface area contributed by atoms with Crippen molar-refractivity contribution in [1.29, 1.82) is 0 Å². The molecule has 0 aliphatic rings. The molecule has 5 heteroatoms. The number of hydrogen-bond donors (Lipinski definition) is 0. The highest BCUT2D eigenvalue weighted by Crippen LogP contribution is 2.36. The second-order valence-corrected chi connectivity index (χ2v) is 3.77. The summed E-state index contributed by atoms with van der Waals surface area (Å²) in [5, 5.41) is 0.118. The molecule has 0 heterocycles. The van der Waals surface area contributed by atoms with E-state index in [1.165, 1.54) is 6.07 Å². The van der Waals surface area contributed by atoms with Crippen LogP contribution >= 0.6 is 50.7 Å². The highest BCUT2D eigenvalue weighted by atomic mass is 79.9. The first kappa shape index (κ1) is 9.59. The Kier molecular flexibility index (Phi) is 3.03. The molecule has 0 aliphatic heterocycles. The predicted molar refractivity (Wildman–Crippen MR) is 49.1 cm³/mol. The van der Waals surface area contributed by atoms with Crippen LogP contribution in [0.2, 0.25) is 15.1 Å². The Morgan fingerprint density at radius 2 is 1.73 bits per heavy atom. The lowest BCUT2D eigenvalue weighted by Gasteiger charge is -2.01. The Morgan fingerprint density at radius 1 is 1.18 bits per heavy atom. The molecule has 1 aromatic rings. The van der Waals surface area contributed by atoms with Crippen LogP contribution in [0.15, 0.2) is 10.5 Å². The smallest absolute Gasteiger partial charge is 0.161 e. The van der Waals surface area contributed by atoms with Gasteiger partial charge in [0.15, 0.2) is 5.82 Å². The summed E-state index contributed by atoms with van der Waals surface area (Å²) < 4.78 is 13.1. The zero-order chi connectivity index (χ0) is 8.59. The minimum absolute atomic E-state index is 0.0804. The summed E-state index contributed by atoms with van der Waals surface area (Å²) >= 11 is 19.5. The monoisotopic (exact) mass is 276 g/mol. The van der Waals surface area contributed by atoms with Gasteiger partial charge in [-0.25, -0.2) is 4.39 Å². The molecule has 0 aliphatic carbocycles. The summed E-state index contributed by atoms with van der Waals surface area (Å²) in [6, 6.07) is 1.29. The summed E-state index contributed by atoms with van der Waals surface area (Å²) in [5.41, 5.74) is 0. The van der Waals surface area contributed by atoms with Crippen LogP contribution in [-0.4, -0.2) is 0 Å². The molecule has 0 saturated carbocycles. The number of benzene rings is 1. The van der Waals surface area contributed by atoms with Gasteiger partial charge in [-0.05, 0) is 22.0 Å². The maximum atomic E-state index is 12.8. The zero-order valence-corrected chi connectivity index (χ0v) is 8.82. The molecular weight excluding hydrogens is 277 g/mol. The van der Waals surface area contributed by atoms with Crippen LogP contribution in [0.25, 0.3) is 0 Å². The van der Waals surface area contributed by atoms with Gasteiger partial charge in [0.25, 0.3) is 0 Å². The molecule has 0 saturated heterocycles. The minimum atomic E-state index is -0.662. The highest BCUT2D eigenvalue weighted by molar-refractivity contribution is 9.10. The Bertz CT molecular complexity index is 274. The van der Waals surface area contributed by atoms with Crippen LogP contribution in [-0.2, 0) is 0 Å². The summed E-state index contributed by atoms with van der Waals surface area (Å²) in [4.78, 5) is 0. The fraction of sp³-hybridized carbons (Fsp3) is 0. The van der Waals surface area contributed by atoms with Gasteiger partial charge in [0, 0.05) is 0 Å². The van der Waals surface area contributed by atoms with E-state index in [0.717, 1.165) is 0 Å². The number of rotatable bonds is 0. The van der Waals surface area contributed by atoms with Crippen molar-refractivity contribution in [3.05, 3.63) is 31.4 Å². The van der Waals surface area contributed by atoms with Crippen LogP contribution in [0.3, 0.4) is 0 Å². The van der Waals surface area contributed by atoms with E-state index in [4.69, 9.17) is 34.8 Å². The number of hydrogen-bond acceptors (Lipinski definition) is 0. The Morgan fingerprint density at radius 3 is 2.27 bits per heavy atom. The molecule has 0 aromatic heterocycles. The van der Waals surface area contributed by atoms with E-state index < -0.39 is 5.82 Å². The molecule has 0 bridgehead atoms. The average Bonchev–Trinajstić information content (AvgIpc) is 1.97. The third-order valence-corrected chi connectivity index (χ3v) is 3.27. The van der Waals surface area contributed by atoms with Crippen molar-refractivity contribution >= 4 is 50.7 Å². The molecule has 60 valence electrons. The van der Waals surface area contributed by atoms with E-state index in [2.05, 4.69) is 15.9 Å². The first-order valence-corrected chi connectivity index (χ1v) is 4.45. The molecule has 11 heavy (non-hydrogen) atoms. The van der Waals surface area contributed by atoms with E-state index in [1.807, 2.05) is 0 Å². The third-order valence-electron chi connectivity index (χ3n) is 1.06. The summed E-state index contributed by atoms with van der Waals surface area (Å²) in [6.45, 7) is 0. The third kappa shape index (κ3) is 1.81. The lowest BCUT2D eigenvalue weighted by atomic mass is 10.3. The molecule has 0 unspecified atom stereocenters. The van der Waals surface area contributed by atoms with Crippen LogP contribution in [0.5, 0.6) is 0 Å². The fourth-order valence-electron chi connectivity index (χ4n) is 0.544. The van der Waals surface area contributed by atoms with Crippen molar-refractivity contribution in [2.75, 3.05) is 0 Å². The predicted octanol–water partition coefficient (Wildman–Crippen LogP) is 4.55. The summed E-state index contributed by atoms with van der Waals surface area (Å²) in [7, 11) is 0. The Balaban J connectivity index is 3.46. The second-order valence-electron chi connectivity index (χ2n) is 1.78. The van der Waals surface area contributed by atoms with Gasteiger partial charge in [-0.2, -0.15) is 0 Å². The van der Waals surface area contributed by atoms with Crippen LogP contribution in [0, 0.1) is 5.82 Å². The molecule has 0 atom stereocenters. The van der Waals surface area contributed by atoms with Gasteiger partial charge >= 0.3 is 0 Å². The van der Waals surface area contributed by atoms with Gasteiger partial charge in [0.05, 0.1) is 19.5 Å². The number of halogens is 5. The molecular formula is C6HBrCl3F. The maximum absolute atomic E-state index is 12.8. The molecule has 0 amide bonds. The first-order valence-electron chi connectivity index (χ1n) is 2.52. The molecule has 1 aromatic carbocycles. The van der Waals surface area contributed by atoms with E-state index in [0.29, 0.717) is 9.50 Å². The van der Waals surface area contributed by atoms with Crippen molar-refractivity contribution in [2.24, 2.45) is 0 Å². The normalized spacial score (nSPS) is 10.3. The largest absolute Gasteiger partial charge is 0.204 e. The Labute approximate surface area is 86.4 Å². The van der Waals surface area contributed by atoms with Crippen LogP contribution in [0.1, 0.15) is 0 Å². The van der Waals surface area contributed by atoms with Crippen molar-refractivity contribution in [2.45, 2.75) is 0 Å². The molecule has 0 fully saturated rings. The van der Waals surface area contributed by atoms with Gasteiger partial charge in [-0.1, -0.05) is 34.8 Å². The zero-order valence-electron chi connectivity index (χ0n) is 4.97. The standard InChI is InChI=1S/C6HBrCl3F/c7-4-2(8)1-3(9)6(11)5(4)10/h1H. The fourth-order valence-corrected chi connectivity index (χ4v) is 1.60. The van der Waals surface area contributed by atoms with Crippen LogP contribution in [0.4, 0.5) is 4.39 Å². The quantitative estimate of drug-likeness (QED) is 0.482. The second kappa shape index (κ2) is 3.48. The van der Waals surface area contributed by atoms with Crippen molar-refractivity contribution in [3.63, 3.8) is 0 Å². The van der Waals surface area contributed by atoms with Gasteiger partial charge in [0.2, 0.25) is 0 Å². The van der Waals surface area contributed by atoms with Gasteiger partial charge < -0.3 is 0 Å². The summed E-state index contributed by atoms with van der Waals surface area (Å²) in [5.74, 6) is -0.662. The van der Waals surface area contributed by atoms with Crippen molar-refractivity contribution < 1.29 is 4.39 Å². The minimum Gasteiger partial charge on any atom is -0.204 e. The van der Waals surface area contributed by atoms with Crippen molar-refractivity contribution in [3.8, 4) is 0 Å².